The molecule has 1 saturated heterocycles. The number of piperazine rings is 1. The van der Waals surface area contributed by atoms with Crippen LogP contribution in [0.2, 0.25) is 0 Å². The average Bonchev–Trinajstić information content (AvgIpc) is 3.21. The van der Waals surface area contributed by atoms with Gasteiger partial charge in [0, 0.05) is 39.0 Å². The first-order chi connectivity index (χ1) is 9.67. The van der Waals surface area contributed by atoms with E-state index in [1.165, 1.54) is 12.8 Å². The van der Waals surface area contributed by atoms with E-state index in [-0.39, 0.29) is 5.78 Å². The smallest absolute Gasteiger partial charge is 0.171 e. The fraction of sp³-hybridized carbons (Fsp3) is 0.733. The molecule has 1 aliphatic heterocycles. The van der Waals surface area contributed by atoms with E-state index in [2.05, 4.69) is 16.7 Å². The Bertz CT molecular complexity index is 487. The number of nitrogens with zero attached hydrogens (tertiary/aromatic N) is 3. The summed E-state index contributed by atoms with van der Waals surface area (Å²) in [7, 11) is 0. The van der Waals surface area contributed by atoms with Gasteiger partial charge in [-0.3, -0.25) is 9.69 Å². The van der Waals surface area contributed by atoms with E-state index in [9.17, 15) is 4.79 Å². The van der Waals surface area contributed by atoms with E-state index >= 15 is 0 Å². The first-order valence-electron chi connectivity index (χ1n) is 7.62. The van der Waals surface area contributed by atoms with Gasteiger partial charge in [0.05, 0.1) is 17.1 Å². The van der Waals surface area contributed by atoms with Gasteiger partial charge in [-0.15, -0.1) is 11.3 Å². The van der Waals surface area contributed by atoms with Crippen molar-refractivity contribution in [1.82, 2.24) is 14.8 Å². The number of Topliss-reactive ketones (excluding diaryl/α,β-unsaturated/α-hetero) is 1. The Morgan fingerprint density at radius 1 is 1.25 bits per heavy atom. The van der Waals surface area contributed by atoms with Crippen molar-refractivity contribution in [2.45, 2.75) is 39.2 Å². The molecule has 1 aliphatic carbocycles. The van der Waals surface area contributed by atoms with Gasteiger partial charge in [-0.05, 0) is 19.4 Å². The molecule has 2 fully saturated rings. The zero-order valence-corrected chi connectivity index (χ0v) is 13.2. The van der Waals surface area contributed by atoms with E-state index in [1.54, 1.807) is 18.3 Å². The van der Waals surface area contributed by atoms with Crippen LogP contribution in [0, 0.1) is 0 Å². The summed E-state index contributed by atoms with van der Waals surface area (Å²) < 4.78 is 0. The first-order valence-corrected chi connectivity index (χ1v) is 8.44. The minimum atomic E-state index is 0.187. The molecule has 0 radical (unpaired) electrons. The third kappa shape index (κ3) is 3.10. The van der Waals surface area contributed by atoms with E-state index in [1.807, 2.05) is 0 Å². The molecule has 0 spiro atoms. The van der Waals surface area contributed by atoms with Crippen LogP contribution in [0.5, 0.6) is 0 Å². The van der Waals surface area contributed by atoms with Crippen LogP contribution in [0.3, 0.4) is 0 Å². The number of hydrogen-bond donors (Lipinski definition) is 0. The molecule has 110 valence electrons. The minimum Gasteiger partial charge on any atom is -0.301 e. The zero-order chi connectivity index (χ0) is 14.1. The second-order valence-electron chi connectivity index (χ2n) is 5.86. The topological polar surface area (TPSA) is 36.4 Å². The number of thiazole rings is 1. The van der Waals surface area contributed by atoms with E-state index in [0.29, 0.717) is 5.92 Å². The Kier molecular flexibility index (Phi) is 4.19. The standard InChI is InChI=1S/C15H23N3OS/c1-3-17-6-8-18(9-7-17)10-13-16-14(12-4-5-12)15(20-13)11(2)19/h12H,3-10H2,1-2H3. The Morgan fingerprint density at radius 2 is 1.90 bits per heavy atom. The molecule has 0 atom stereocenters. The van der Waals surface area contributed by atoms with Crippen molar-refractivity contribution in [3.63, 3.8) is 0 Å². The summed E-state index contributed by atoms with van der Waals surface area (Å²) in [6, 6.07) is 0. The van der Waals surface area contributed by atoms with Crippen LogP contribution in [0.1, 0.15) is 53.0 Å². The highest BCUT2D eigenvalue weighted by Crippen LogP contribution is 2.42. The van der Waals surface area contributed by atoms with Gasteiger partial charge in [0.25, 0.3) is 0 Å². The fourth-order valence-corrected chi connectivity index (χ4v) is 3.87. The van der Waals surface area contributed by atoms with Gasteiger partial charge in [-0.2, -0.15) is 0 Å². The molecule has 0 unspecified atom stereocenters. The number of rotatable bonds is 5. The molecule has 0 aromatic carbocycles. The molecule has 2 heterocycles. The third-order valence-corrected chi connectivity index (χ3v) is 5.41. The summed E-state index contributed by atoms with van der Waals surface area (Å²) in [5, 5.41) is 1.13. The molecule has 1 aromatic heterocycles. The number of likely N-dealkylation sites (N-methyl/N-ethyl adjacent to an activating group) is 1. The Hall–Kier alpha value is -0.780. The molecular formula is C15H23N3OS. The second kappa shape index (κ2) is 5.92. The number of carbonyl (C=O) groups is 1. The molecule has 3 rings (SSSR count). The summed E-state index contributed by atoms with van der Waals surface area (Å²) in [5.41, 5.74) is 1.09. The molecule has 20 heavy (non-hydrogen) atoms. The summed E-state index contributed by atoms with van der Waals surface area (Å²) in [6.45, 7) is 10.5. The first kappa shape index (κ1) is 14.2. The zero-order valence-electron chi connectivity index (χ0n) is 12.4. The van der Waals surface area contributed by atoms with E-state index in [4.69, 9.17) is 4.98 Å². The molecule has 2 aliphatic rings. The fourth-order valence-electron chi connectivity index (χ4n) is 2.79. The summed E-state index contributed by atoms with van der Waals surface area (Å²) in [5.74, 6) is 0.752. The van der Waals surface area contributed by atoms with Crippen LogP contribution >= 0.6 is 11.3 Å². The molecule has 0 bridgehead atoms. The van der Waals surface area contributed by atoms with Crippen LogP contribution in [-0.4, -0.2) is 53.3 Å². The number of carbonyl (C=O) groups excluding carboxylic acids is 1. The lowest BCUT2D eigenvalue weighted by Gasteiger charge is -2.33. The van der Waals surface area contributed by atoms with Gasteiger partial charge < -0.3 is 4.90 Å². The lowest BCUT2D eigenvalue weighted by atomic mass is 10.2. The Labute approximate surface area is 124 Å². The van der Waals surface area contributed by atoms with Gasteiger partial charge in [-0.1, -0.05) is 6.92 Å². The van der Waals surface area contributed by atoms with Gasteiger partial charge in [0.1, 0.15) is 5.01 Å². The molecule has 4 nitrogen and oxygen atoms in total. The van der Waals surface area contributed by atoms with Crippen molar-refractivity contribution < 1.29 is 4.79 Å². The van der Waals surface area contributed by atoms with Gasteiger partial charge in [0.15, 0.2) is 5.78 Å². The highest BCUT2D eigenvalue weighted by Gasteiger charge is 2.31. The summed E-state index contributed by atoms with van der Waals surface area (Å²) in [6.07, 6.45) is 2.41. The maximum atomic E-state index is 11.7. The molecule has 0 N–H and O–H groups in total. The highest BCUT2D eigenvalue weighted by atomic mass is 32.1. The van der Waals surface area contributed by atoms with E-state index in [0.717, 1.165) is 54.8 Å². The van der Waals surface area contributed by atoms with Crippen LogP contribution in [0.4, 0.5) is 0 Å². The van der Waals surface area contributed by atoms with E-state index < -0.39 is 0 Å². The predicted molar refractivity (Wildman–Crippen MR) is 81.5 cm³/mol. The van der Waals surface area contributed by atoms with Crippen LogP contribution in [0.25, 0.3) is 0 Å². The lowest BCUT2D eigenvalue weighted by molar-refractivity contribution is 0.102. The van der Waals surface area contributed by atoms with Crippen molar-refractivity contribution >= 4 is 17.1 Å². The molecule has 1 saturated carbocycles. The third-order valence-electron chi connectivity index (χ3n) is 4.25. The van der Waals surface area contributed by atoms with Crippen LogP contribution in [0.15, 0.2) is 0 Å². The predicted octanol–water partition coefficient (Wildman–Crippen LogP) is 2.36. The number of hydrogen-bond acceptors (Lipinski definition) is 5. The molecule has 0 amide bonds. The Morgan fingerprint density at radius 3 is 2.45 bits per heavy atom. The van der Waals surface area contributed by atoms with Crippen molar-refractivity contribution in [3.8, 4) is 0 Å². The second-order valence-corrected chi connectivity index (χ2v) is 6.95. The lowest BCUT2D eigenvalue weighted by Crippen LogP contribution is -2.45. The summed E-state index contributed by atoms with van der Waals surface area (Å²) >= 11 is 1.62. The largest absolute Gasteiger partial charge is 0.301 e. The average molecular weight is 293 g/mol. The number of ketones is 1. The molecular weight excluding hydrogens is 270 g/mol. The maximum absolute atomic E-state index is 11.7. The maximum Gasteiger partial charge on any atom is 0.171 e. The minimum absolute atomic E-state index is 0.187. The van der Waals surface area contributed by atoms with Crippen molar-refractivity contribution in [2.24, 2.45) is 0 Å². The van der Waals surface area contributed by atoms with Crippen LogP contribution < -0.4 is 0 Å². The van der Waals surface area contributed by atoms with Gasteiger partial charge in [-0.25, -0.2) is 4.98 Å². The normalized spacial score (nSPS) is 21.3. The molecule has 1 aromatic rings. The highest BCUT2D eigenvalue weighted by molar-refractivity contribution is 7.13. The van der Waals surface area contributed by atoms with Gasteiger partial charge >= 0.3 is 0 Å². The van der Waals surface area contributed by atoms with Crippen LogP contribution in [-0.2, 0) is 6.54 Å². The summed E-state index contributed by atoms with van der Waals surface area (Å²) in [4.78, 5) is 22.4. The van der Waals surface area contributed by atoms with Crippen molar-refractivity contribution in [3.05, 3.63) is 15.6 Å². The number of aromatic nitrogens is 1. The van der Waals surface area contributed by atoms with Crippen molar-refractivity contribution in [2.75, 3.05) is 32.7 Å². The molecule has 5 heteroatoms. The monoisotopic (exact) mass is 293 g/mol. The van der Waals surface area contributed by atoms with Gasteiger partial charge in [0.2, 0.25) is 0 Å². The quantitative estimate of drug-likeness (QED) is 0.781. The SMILES string of the molecule is CCN1CCN(Cc2nc(C3CC3)c(C(C)=O)s2)CC1. The Balaban J connectivity index is 1.66. The van der Waals surface area contributed by atoms with Crippen molar-refractivity contribution in [1.29, 1.82) is 0 Å².